The van der Waals surface area contributed by atoms with Crippen LogP contribution in [0.2, 0.25) is 0 Å². The molecule has 0 aromatic heterocycles. The van der Waals surface area contributed by atoms with Crippen LogP contribution in [-0.2, 0) is 9.59 Å². The van der Waals surface area contributed by atoms with Gasteiger partial charge >= 0.3 is 0 Å². The average molecular weight is 379 g/mol. The lowest BCUT2D eigenvalue weighted by Gasteiger charge is -2.35. The second kappa shape index (κ2) is 9.87. The summed E-state index contributed by atoms with van der Waals surface area (Å²) in [6.07, 6.45) is 10.3. The Balaban J connectivity index is 1.34. The maximum Gasteiger partial charge on any atom is 0.237 e. The minimum absolute atomic E-state index is 0.166. The number of hydrogen-bond acceptors (Lipinski definition) is 4. The van der Waals surface area contributed by atoms with Crippen LogP contribution in [0.5, 0.6) is 0 Å². The second-order valence-corrected chi connectivity index (χ2v) is 9.16. The van der Waals surface area contributed by atoms with Gasteiger partial charge in [0.15, 0.2) is 0 Å². The maximum atomic E-state index is 12.5. The molecule has 0 aromatic rings. The summed E-state index contributed by atoms with van der Waals surface area (Å²) in [5.41, 5.74) is 8.86. The summed E-state index contributed by atoms with van der Waals surface area (Å²) >= 11 is 0. The third kappa shape index (κ3) is 5.92. The number of nitrogens with one attached hydrogen (secondary N) is 2. The zero-order valence-corrected chi connectivity index (χ0v) is 16.9. The van der Waals surface area contributed by atoms with E-state index in [0.29, 0.717) is 5.92 Å². The van der Waals surface area contributed by atoms with Crippen molar-refractivity contribution >= 4 is 11.8 Å². The van der Waals surface area contributed by atoms with E-state index in [0.717, 1.165) is 76.9 Å². The van der Waals surface area contributed by atoms with Crippen molar-refractivity contribution in [1.82, 2.24) is 15.8 Å². The highest BCUT2D eigenvalue weighted by molar-refractivity contribution is 5.79. The van der Waals surface area contributed by atoms with Crippen LogP contribution >= 0.6 is 0 Å². The molecule has 0 spiro atoms. The quantitative estimate of drug-likeness (QED) is 0.684. The fourth-order valence-corrected chi connectivity index (χ4v) is 4.88. The molecule has 0 atom stereocenters. The Morgan fingerprint density at radius 3 is 2.00 bits per heavy atom. The third-order valence-electron chi connectivity index (χ3n) is 7.05. The molecular formula is C21H38N4O2. The van der Waals surface area contributed by atoms with E-state index in [1.54, 1.807) is 0 Å². The smallest absolute Gasteiger partial charge is 0.237 e. The topological polar surface area (TPSA) is 87.5 Å². The van der Waals surface area contributed by atoms with Crippen LogP contribution in [0.1, 0.15) is 71.1 Å². The summed E-state index contributed by atoms with van der Waals surface area (Å²) in [7, 11) is 0. The predicted octanol–water partition coefficient (Wildman–Crippen LogP) is 2.19. The molecule has 154 valence electrons. The second-order valence-electron chi connectivity index (χ2n) is 9.16. The largest absolute Gasteiger partial charge is 0.353 e. The molecule has 3 aliphatic rings. The van der Waals surface area contributed by atoms with E-state index >= 15 is 0 Å². The Kier molecular flexibility index (Phi) is 7.53. The first kappa shape index (κ1) is 20.6. The van der Waals surface area contributed by atoms with Gasteiger partial charge in [0.2, 0.25) is 11.8 Å². The van der Waals surface area contributed by atoms with Crippen LogP contribution < -0.4 is 16.5 Å². The minimum atomic E-state index is 0.166. The molecule has 3 rings (SSSR count). The predicted molar refractivity (Wildman–Crippen MR) is 107 cm³/mol. The molecule has 1 aliphatic heterocycles. The first-order chi connectivity index (χ1) is 13.0. The summed E-state index contributed by atoms with van der Waals surface area (Å²) in [6.45, 7) is 4.66. The molecule has 1 saturated heterocycles. The van der Waals surface area contributed by atoms with Crippen LogP contribution in [0.4, 0.5) is 0 Å². The number of rotatable bonds is 5. The van der Waals surface area contributed by atoms with E-state index < -0.39 is 0 Å². The molecule has 2 amide bonds. The highest BCUT2D eigenvalue weighted by atomic mass is 16.2. The SMILES string of the molecule is CC1CCC(C(=O)NN2CCC(NC(=O)C3CCC(CN)CC3)CC2)CC1. The van der Waals surface area contributed by atoms with E-state index in [1.165, 1.54) is 12.8 Å². The number of amides is 2. The Labute approximate surface area is 164 Å². The zero-order chi connectivity index (χ0) is 19.2. The number of hydrazine groups is 1. The number of nitrogens with zero attached hydrogens (tertiary/aromatic N) is 1. The highest BCUT2D eigenvalue weighted by Crippen LogP contribution is 2.29. The molecule has 4 N–H and O–H groups in total. The highest BCUT2D eigenvalue weighted by Gasteiger charge is 2.30. The van der Waals surface area contributed by atoms with Gasteiger partial charge in [0.05, 0.1) is 0 Å². The lowest BCUT2D eigenvalue weighted by molar-refractivity contribution is -0.132. The maximum absolute atomic E-state index is 12.5. The van der Waals surface area contributed by atoms with Crippen molar-refractivity contribution in [2.75, 3.05) is 19.6 Å². The molecule has 27 heavy (non-hydrogen) atoms. The van der Waals surface area contributed by atoms with Crippen LogP contribution in [-0.4, -0.2) is 42.5 Å². The molecule has 0 bridgehead atoms. The van der Waals surface area contributed by atoms with Crippen molar-refractivity contribution in [2.45, 2.75) is 77.2 Å². The van der Waals surface area contributed by atoms with Gasteiger partial charge in [0, 0.05) is 31.0 Å². The number of piperidine rings is 1. The zero-order valence-electron chi connectivity index (χ0n) is 16.9. The summed E-state index contributed by atoms with van der Waals surface area (Å²) < 4.78 is 0. The Bertz CT molecular complexity index is 488. The Morgan fingerprint density at radius 2 is 1.41 bits per heavy atom. The molecule has 6 heteroatoms. The summed E-state index contributed by atoms with van der Waals surface area (Å²) in [6, 6.07) is 0.244. The van der Waals surface area contributed by atoms with Gasteiger partial charge < -0.3 is 11.1 Å². The van der Waals surface area contributed by atoms with Gasteiger partial charge in [-0.3, -0.25) is 15.0 Å². The van der Waals surface area contributed by atoms with Gasteiger partial charge in [0.1, 0.15) is 0 Å². The van der Waals surface area contributed by atoms with E-state index in [4.69, 9.17) is 5.73 Å². The van der Waals surface area contributed by atoms with Crippen molar-refractivity contribution in [3.05, 3.63) is 0 Å². The molecular weight excluding hydrogens is 340 g/mol. The summed E-state index contributed by atoms with van der Waals surface area (Å²) in [5.74, 6) is 2.14. The third-order valence-corrected chi connectivity index (χ3v) is 7.05. The van der Waals surface area contributed by atoms with Gasteiger partial charge in [-0.25, -0.2) is 5.01 Å². The number of nitrogens with two attached hydrogens (primary N) is 1. The lowest BCUT2D eigenvalue weighted by Crippen LogP contribution is -2.53. The summed E-state index contributed by atoms with van der Waals surface area (Å²) in [5, 5.41) is 5.31. The first-order valence-corrected chi connectivity index (χ1v) is 11.1. The van der Waals surface area contributed by atoms with Crippen LogP contribution in [0.25, 0.3) is 0 Å². The van der Waals surface area contributed by atoms with E-state index in [9.17, 15) is 9.59 Å². The van der Waals surface area contributed by atoms with E-state index in [1.807, 2.05) is 0 Å². The normalized spacial score (nSPS) is 33.4. The molecule has 6 nitrogen and oxygen atoms in total. The minimum Gasteiger partial charge on any atom is -0.353 e. The van der Waals surface area contributed by atoms with Crippen molar-refractivity contribution in [3.8, 4) is 0 Å². The van der Waals surface area contributed by atoms with Crippen molar-refractivity contribution in [1.29, 1.82) is 0 Å². The van der Waals surface area contributed by atoms with E-state index in [2.05, 4.69) is 22.7 Å². The molecule has 2 saturated carbocycles. The molecule has 0 aromatic carbocycles. The fourth-order valence-electron chi connectivity index (χ4n) is 4.88. The van der Waals surface area contributed by atoms with Gasteiger partial charge in [-0.2, -0.15) is 0 Å². The molecule has 1 heterocycles. The van der Waals surface area contributed by atoms with Gasteiger partial charge in [-0.1, -0.05) is 6.92 Å². The number of hydrogen-bond donors (Lipinski definition) is 3. The molecule has 0 radical (unpaired) electrons. The monoisotopic (exact) mass is 378 g/mol. The fraction of sp³-hybridized carbons (Fsp3) is 0.905. The van der Waals surface area contributed by atoms with Gasteiger partial charge in [-0.15, -0.1) is 0 Å². The average Bonchev–Trinajstić information content (AvgIpc) is 2.70. The van der Waals surface area contributed by atoms with Crippen molar-refractivity contribution < 1.29 is 9.59 Å². The molecule has 0 unspecified atom stereocenters. The first-order valence-electron chi connectivity index (χ1n) is 11.1. The van der Waals surface area contributed by atoms with Crippen molar-refractivity contribution in [3.63, 3.8) is 0 Å². The summed E-state index contributed by atoms with van der Waals surface area (Å²) in [4.78, 5) is 25.0. The Morgan fingerprint density at radius 1 is 0.852 bits per heavy atom. The van der Waals surface area contributed by atoms with E-state index in [-0.39, 0.29) is 29.7 Å². The van der Waals surface area contributed by atoms with Gasteiger partial charge in [-0.05, 0) is 82.6 Å². The standard InChI is InChI=1S/C21H38N4O2/c1-15-2-6-18(7-3-15)21(27)24-25-12-10-19(11-13-25)23-20(26)17-8-4-16(14-22)5-9-17/h15-19H,2-14,22H2,1H3,(H,23,26)(H,24,27). The van der Waals surface area contributed by atoms with Crippen LogP contribution in [0, 0.1) is 23.7 Å². The van der Waals surface area contributed by atoms with Gasteiger partial charge in [0.25, 0.3) is 0 Å². The molecule has 2 aliphatic carbocycles. The van der Waals surface area contributed by atoms with Crippen LogP contribution in [0.3, 0.4) is 0 Å². The van der Waals surface area contributed by atoms with Crippen LogP contribution in [0.15, 0.2) is 0 Å². The lowest BCUT2D eigenvalue weighted by atomic mass is 9.81. The Hall–Kier alpha value is -1.14. The molecule has 3 fully saturated rings. The van der Waals surface area contributed by atoms with Crippen molar-refractivity contribution in [2.24, 2.45) is 29.4 Å². The number of carbonyl (C=O) groups is 2. The number of carbonyl (C=O) groups excluding carboxylic acids is 2.